The van der Waals surface area contributed by atoms with Crippen molar-refractivity contribution in [2.24, 2.45) is 0 Å². The van der Waals surface area contributed by atoms with E-state index in [9.17, 15) is 99.3 Å². The molecule has 0 bridgehead atoms. The van der Waals surface area contributed by atoms with Crippen LogP contribution in [0.5, 0.6) is 0 Å². The van der Waals surface area contributed by atoms with Gasteiger partial charge in [-0.15, -0.1) is 0 Å². The first kappa shape index (κ1) is 55.6. The normalized spacial score (nSPS) is 33.6. The van der Waals surface area contributed by atoms with E-state index in [2.05, 4.69) is 26.8 Å². The number of imide groups is 1. The van der Waals surface area contributed by atoms with Gasteiger partial charge in [0.1, 0.15) is 48.4 Å². The van der Waals surface area contributed by atoms with Crippen molar-refractivity contribution in [2.75, 3.05) is 19.8 Å². The lowest BCUT2D eigenvalue weighted by atomic mass is 9.87. The van der Waals surface area contributed by atoms with Crippen LogP contribution in [-0.2, 0) is 66.8 Å². The van der Waals surface area contributed by atoms with E-state index in [0.717, 1.165) is 44.0 Å². The molecular formula is C38H54N6O25. The highest BCUT2D eigenvalue weighted by atomic mass is 16.8. The molecule has 4 heterocycles. The Kier molecular flexibility index (Phi) is 18.2. The summed E-state index contributed by atoms with van der Waals surface area (Å²) in [6.07, 6.45) is -21.7. The van der Waals surface area contributed by atoms with Gasteiger partial charge in [0.05, 0.1) is 56.2 Å². The average molecular weight is 995 g/mol. The third-order valence-corrected chi connectivity index (χ3v) is 11.1. The highest BCUT2D eigenvalue weighted by Crippen LogP contribution is 2.39. The van der Waals surface area contributed by atoms with Crippen LogP contribution >= 0.6 is 0 Å². The van der Waals surface area contributed by atoms with Gasteiger partial charge in [0.25, 0.3) is 23.4 Å². The van der Waals surface area contributed by atoms with Crippen LogP contribution in [0.25, 0.3) is 0 Å². The topological polar surface area (TPSA) is 486 Å². The third kappa shape index (κ3) is 12.8. The molecule has 4 aliphatic rings. The van der Waals surface area contributed by atoms with Gasteiger partial charge in [-0.1, -0.05) is 0 Å². The summed E-state index contributed by atoms with van der Waals surface area (Å²) < 4.78 is 27.7. The van der Waals surface area contributed by atoms with Crippen LogP contribution in [0.3, 0.4) is 0 Å². The molecule has 0 radical (unpaired) electrons. The number of amides is 6. The summed E-state index contributed by atoms with van der Waals surface area (Å²) in [5.74, 6) is -21.6. The zero-order chi connectivity index (χ0) is 51.9. The maximum Gasteiger partial charge on any atom is 0.377 e. The van der Waals surface area contributed by atoms with Gasteiger partial charge in [-0.05, 0) is 0 Å². The molecule has 31 nitrogen and oxygen atoms in total. The zero-order valence-electron chi connectivity index (χ0n) is 36.7. The SMILES string of the molecule is CC(=O)NC1C(=CNNC(=O)CCN2C(=O)C=CC2=O)OC(OC(CO)C(O)C2OC(OC(CO)C(O)C3OC(O)(C(=O)O)CC(O)C3NC(C)=O)(C(=O)O)CC(O)C2NC(C)=O)(C(=O)O)CC1O. The summed E-state index contributed by atoms with van der Waals surface area (Å²) in [5.41, 5.74) is 4.38. The van der Waals surface area contributed by atoms with E-state index in [4.69, 9.17) is 23.7 Å². The predicted molar refractivity (Wildman–Crippen MR) is 215 cm³/mol. The molecule has 4 aliphatic heterocycles. The fraction of sp³-hybridized carbons (Fsp3) is 0.658. The second-order valence-electron chi connectivity index (χ2n) is 16.2. The summed E-state index contributed by atoms with van der Waals surface area (Å²) in [5, 5.41) is 125. The van der Waals surface area contributed by atoms with Gasteiger partial charge >= 0.3 is 23.7 Å². The van der Waals surface area contributed by atoms with Gasteiger partial charge in [-0.25, -0.2) is 14.4 Å². The van der Waals surface area contributed by atoms with Gasteiger partial charge in [0.15, 0.2) is 0 Å². The summed E-state index contributed by atoms with van der Waals surface area (Å²) in [7, 11) is 0. The Morgan fingerprint density at radius 3 is 1.65 bits per heavy atom. The molecule has 0 aromatic rings. The molecule has 15 unspecified atom stereocenters. The van der Waals surface area contributed by atoms with Crippen LogP contribution in [0.2, 0.25) is 0 Å². The molecule has 3 saturated heterocycles. The maximum atomic E-state index is 13.1. The fourth-order valence-corrected chi connectivity index (χ4v) is 7.83. The summed E-state index contributed by atoms with van der Waals surface area (Å²) in [6, 6.07) is -5.26. The Morgan fingerprint density at radius 1 is 0.725 bits per heavy atom. The number of rotatable bonds is 21. The Bertz CT molecular complexity index is 2040. The van der Waals surface area contributed by atoms with Crippen molar-refractivity contribution in [2.45, 2.75) is 137 Å². The molecule has 0 saturated carbocycles. The van der Waals surface area contributed by atoms with Crippen LogP contribution in [0, 0.1) is 0 Å². The highest BCUT2D eigenvalue weighted by molar-refractivity contribution is 6.13. The van der Waals surface area contributed by atoms with Gasteiger partial charge in [-0.3, -0.25) is 39.1 Å². The molecule has 4 rings (SSSR count). The van der Waals surface area contributed by atoms with Crippen molar-refractivity contribution in [3.8, 4) is 0 Å². The number of carboxylic acid groups (broad SMARTS) is 3. The Morgan fingerprint density at radius 2 is 1.19 bits per heavy atom. The van der Waals surface area contributed by atoms with Gasteiger partial charge < -0.3 is 101 Å². The largest absolute Gasteiger partial charge is 0.477 e. The number of hydrogen-bond acceptors (Lipinski definition) is 23. The third-order valence-electron chi connectivity index (χ3n) is 11.1. The molecule has 3 fully saturated rings. The lowest BCUT2D eigenvalue weighted by Gasteiger charge is -2.49. The van der Waals surface area contributed by atoms with E-state index in [1.165, 1.54) is 0 Å². The van der Waals surface area contributed by atoms with Crippen LogP contribution in [0.15, 0.2) is 24.1 Å². The summed E-state index contributed by atoms with van der Waals surface area (Å²) >= 11 is 0. The number of aliphatic hydroxyl groups excluding tert-OH is 7. The van der Waals surface area contributed by atoms with Crippen molar-refractivity contribution >= 4 is 53.4 Å². The molecule has 386 valence electrons. The first-order chi connectivity index (χ1) is 32.1. The molecule has 16 N–H and O–H groups in total. The van der Waals surface area contributed by atoms with E-state index in [0.29, 0.717) is 0 Å². The molecular weight excluding hydrogens is 940 g/mol. The number of carbonyl (C=O) groups is 9. The minimum Gasteiger partial charge on any atom is -0.477 e. The van der Waals surface area contributed by atoms with Gasteiger partial charge in [0.2, 0.25) is 23.6 Å². The van der Waals surface area contributed by atoms with Gasteiger partial charge in [-0.2, -0.15) is 0 Å². The van der Waals surface area contributed by atoms with E-state index >= 15 is 0 Å². The molecule has 69 heavy (non-hydrogen) atoms. The highest BCUT2D eigenvalue weighted by Gasteiger charge is 2.61. The molecule has 6 amide bonds. The lowest BCUT2D eigenvalue weighted by Crippen LogP contribution is -2.70. The first-order valence-electron chi connectivity index (χ1n) is 20.7. The predicted octanol–water partition coefficient (Wildman–Crippen LogP) is -8.83. The van der Waals surface area contributed by atoms with Crippen LogP contribution in [0.1, 0.15) is 46.5 Å². The standard InChI is InChI=1S/C38H54N6O25/c1-14(47)40-26-18(51)9-37(34(60)61,65-20(26)11-39-43-23(53)6-7-44-24(54)4-5-25(44)55)66-22(13-46)30(57)32-28(42-16(3)49)19(52)10-38(69-32,35(62)63)67-21(12-45)29(56)31-27(41-15(2)48)17(50)8-36(64,68-31)33(58)59/h4-5,11,17-19,21-22,26-32,39,45-46,50-52,56-57,64H,6-10,12-13H2,1-3H3,(H,40,47)(H,41,48)(H,42,49)(H,43,53)(H,58,59)(H,60,61)(H,62,63). The smallest absolute Gasteiger partial charge is 0.377 e. The van der Waals surface area contributed by atoms with Crippen molar-refractivity contribution in [3.05, 3.63) is 24.1 Å². The number of nitrogens with zero attached hydrogens (tertiary/aromatic N) is 1. The molecule has 0 aromatic heterocycles. The van der Waals surface area contributed by atoms with Crippen molar-refractivity contribution < 1.29 is 123 Å². The minimum absolute atomic E-state index is 0.353. The fourth-order valence-electron chi connectivity index (χ4n) is 7.83. The van der Waals surface area contributed by atoms with Crippen LogP contribution in [0.4, 0.5) is 0 Å². The minimum atomic E-state index is -3.36. The van der Waals surface area contributed by atoms with Crippen LogP contribution in [-0.4, -0.2) is 225 Å². The number of carboxylic acids is 3. The number of ether oxygens (including phenoxy) is 5. The molecule has 15 atom stereocenters. The number of nitrogens with one attached hydrogen (secondary N) is 5. The Balaban J connectivity index is 1.67. The van der Waals surface area contributed by atoms with E-state index in [-0.39, 0.29) is 6.54 Å². The quantitative estimate of drug-likeness (QED) is 0.0375. The molecule has 0 aliphatic carbocycles. The van der Waals surface area contributed by atoms with Crippen LogP contribution < -0.4 is 26.8 Å². The number of hydrazine groups is 1. The van der Waals surface area contributed by atoms with E-state index in [1.807, 2.05) is 0 Å². The average Bonchev–Trinajstić information content (AvgIpc) is 3.58. The van der Waals surface area contributed by atoms with Crippen molar-refractivity contribution in [3.63, 3.8) is 0 Å². The number of carbonyl (C=O) groups excluding carboxylic acids is 6. The second kappa shape index (κ2) is 22.6. The maximum absolute atomic E-state index is 13.1. The van der Waals surface area contributed by atoms with E-state index in [1.54, 1.807) is 0 Å². The lowest BCUT2D eigenvalue weighted by molar-refractivity contribution is -0.348. The first-order valence-corrected chi connectivity index (χ1v) is 20.7. The van der Waals surface area contributed by atoms with Crippen molar-refractivity contribution in [1.29, 1.82) is 0 Å². The number of aliphatic carboxylic acids is 3. The molecule has 0 spiro atoms. The van der Waals surface area contributed by atoms with Gasteiger partial charge in [0, 0.05) is 58.7 Å². The number of aliphatic hydroxyl groups is 8. The summed E-state index contributed by atoms with van der Waals surface area (Å²) in [6.45, 7) is -0.359. The second-order valence-corrected chi connectivity index (χ2v) is 16.2. The Hall–Kier alpha value is -5.97. The molecule has 31 heteroatoms. The monoisotopic (exact) mass is 994 g/mol. The van der Waals surface area contributed by atoms with E-state index < -0.39 is 188 Å². The zero-order valence-corrected chi connectivity index (χ0v) is 36.7. The summed E-state index contributed by atoms with van der Waals surface area (Å²) in [4.78, 5) is 111. The van der Waals surface area contributed by atoms with Crippen molar-refractivity contribution in [1.82, 2.24) is 31.7 Å². The molecule has 0 aromatic carbocycles. The Labute approximate surface area is 388 Å². The number of hydrogen-bond donors (Lipinski definition) is 16.